The van der Waals surface area contributed by atoms with Crippen LogP contribution in [-0.4, -0.2) is 36.2 Å². The fraction of sp³-hybridized carbons (Fsp3) is 0.818. The summed E-state index contributed by atoms with van der Waals surface area (Å²) in [5.41, 5.74) is -1.12. The van der Waals surface area contributed by atoms with E-state index in [1.54, 1.807) is 7.11 Å². The number of rotatable bonds is 4. The van der Waals surface area contributed by atoms with Gasteiger partial charge in [-0.25, -0.2) is 0 Å². The lowest BCUT2D eigenvalue weighted by molar-refractivity contribution is -0.149. The Morgan fingerprint density at radius 3 is 2.50 bits per heavy atom. The van der Waals surface area contributed by atoms with Crippen molar-refractivity contribution >= 4 is 11.9 Å². The van der Waals surface area contributed by atoms with Crippen LogP contribution in [0.15, 0.2) is 0 Å². The second kappa shape index (κ2) is 4.05. The lowest BCUT2D eigenvalue weighted by atomic mass is 10.1. The molecule has 16 heavy (non-hydrogen) atoms. The van der Waals surface area contributed by atoms with E-state index in [9.17, 15) is 9.59 Å². The lowest BCUT2D eigenvalue weighted by Gasteiger charge is -2.16. The van der Waals surface area contributed by atoms with Crippen LogP contribution in [0.2, 0.25) is 0 Å². The number of ether oxygens (including phenoxy) is 1. The average molecular weight is 227 g/mol. The molecule has 0 spiro atoms. The number of carbonyl (C=O) groups excluding carboxylic acids is 1. The minimum atomic E-state index is -1.12. The summed E-state index contributed by atoms with van der Waals surface area (Å²) in [5.74, 6) is -1.31. The zero-order chi connectivity index (χ0) is 11.8. The SMILES string of the molecule is COC1CCC(NC(=O)C2(C(=O)O)CC2)C1. The van der Waals surface area contributed by atoms with E-state index in [0.29, 0.717) is 12.8 Å². The van der Waals surface area contributed by atoms with Crippen LogP contribution >= 0.6 is 0 Å². The summed E-state index contributed by atoms with van der Waals surface area (Å²) in [7, 11) is 1.66. The van der Waals surface area contributed by atoms with Gasteiger partial charge >= 0.3 is 5.97 Å². The molecule has 0 bridgehead atoms. The number of carbonyl (C=O) groups is 2. The molecule has 90 valence electrons. The zero-order valence-corrected chi connectivity index (χ0v) is 9.36. The third-order valence-corrected chi connectivity index (χ3v) is 3.65. The smallest absolute Gasteiger partial charge is 0.319 e. The molecule has 2 rings (SSSR count). The van der Waals surface area contributed by atoms with Gasteiger partial charge in [0, 0.05) is 13.2 Å². The maximum Gasteiger partial charge on any atom is 0.319 e. The largest absolute Gasteiger partial charge is 0.480 e. The zero-order valence-electron chi connectivity index (χ0n) is 9.36. The molecule has 0 heterocycles. The number of nitrogens with one attached hydrogen (secondary N) is 1. The summed E-state index contributed by atoms with van der Waals surface area (Å²) in [4.78, 5) is 22.7. The second-order valence-electron chi connectivity index (χ2n) is 4.73. The first-order valence-electron chi connectivity index (χ1n) is 5.65. The summed E-state index contributed by atoms with van der Waals surface area (Å²) in [6.45, 7) is 0. The van der Waals surface area contributed by atoms with Gasteiger partial charge in [-0.1, -0.05) is 0 Å². The van der Waals surface area contributed by atoms with Gasteiger partial charge in [0.05, 0.1) is 6.10 Å². The molecule has 0 aromatic heterocycles. The molecular weight excluding hydrogens is 210 g/mol. The van der Waals surface area contributed by atoms with Gasteiger partial charge in [-0.05, 0) is 32.1 Å². The van der Waals surface area contributed by atoms with Gasteiger partial charge in [0.15, 0.2) is 0 Å². The summed E-state index contributed by atoms with van der Waals surface area (Å²) >= 11 is 0. The summed E-state index contributed by atoms with van der Waals surface area (Å²) in [6.07, 6.45) is 3.73. The van der Waals surface area contributed by atoms with Gasteiger partial charge in [0.2, 0.25) is 5.91 Å². The Balaban J connectivity index is 1.87. The van der Waals surface area contributed by atoms with E-state index >= 15 is 0 Å². The Kier molecular flexibility index (Phi) is 2.88. The van der Waals surface area contributed by atoms with Crippen LogP contribution in [0.25, 0.3) is 0 Å². The monoisotopic (exact) mass is 227 g/mol. The molecule has 0 aliphatic heterocycles. The normalized spacial score (nSPS) is 31.1. The number of methoxy groups -OCH3 is 1. The molecule has 2 aliphatic carbocycles. The highest BCUT2D eigenvalue weighted by molar-refractivity contribution is 6.04. The molecule has 5 heteroatoms. The number of carboxylic acids is 1. The van der Waals surface area contributed by atoms with Gasteiger partial charge in [0.1, 0.15) is 5.41 Å². The highest BCUT2D eigenvalue weighted by atomic mass is 16.5. The van der Waals surface area contributed by atoms with Crippen molar-refractivity contribution < 1.29 is 19.4 Å². The standard InChI is InChI=1S/C11H17NO4/c1-16-8-3-2-7(6-8)12-9(13)11(4-5-11)10(14)15/h7-8H,2-6H2,1H3,(H,12,13)(H,14,15). The molecule has 0 aromatic rings. The Labute approximate surface area is 94.2 Å². The molecule has 2 fully saturated rings. The van der Waals surface area contributed by atoms with Gasteiger partial charge < -0.3 is 15.2 Å². The van der Waals surface area contributed by atoms with Crippen molar-refractivity contribution in [2.75, 3.05) is 7.11 Å². The van der Waals surface area contributed by atoms with Crippen molar-refractivity contribution in [2.24, 2.45) is 5.41 Å². The van der Waals surface area contributed by atoms with Crippen molar-refractivity contribution in [1.82, 2.24) is 5.32 Å². The molecule has 2 atom stereocenters. The van der Waals surface area contributed by atoms with Crippen LogP contribution in [-0.2, 0) is 14.3 Å². The van der Waals surface area contributed by atoms with Gasteiger partial charge in [-0.3, -0.25) is 9.59 Å². The van der Waals surface area contributed by atoms with Crippen LogP contribution in [0.1, 0.15) is 32.1 Å². The number of amides is 1. The Morgan fingerprint density at radius 2 is 2.06 bits per heavy atom. The maximum absolute atomic E-state index is 11.8. The minimum absolute atomic E-state index is 0.0780. The first-order chi connectivity index (χ1) is 7.58. The third-order valence-electron chi connectivity index (χ3n) is 3.65. The van der Waals surface area contributed by atoms with Gasteiger partial charge in [0.25, 0.3) is 0 Å². The van der Waals surface area contributed by atoms with Gasteiger partial charge in [-0.15, -0.1) is 0 Å². The molecule has 2 aliphatic rings. The Hall–Kier alpha value is -1.10. The van der Waals surface area contributed by atoms with E-state index in [-0.39, 0.29) is 18.1 Å². The Bertz CT molecular complexity index is 311. The Morgan fingerprint density at radius 1 is 1.38 bits per heavy atom. The average Bonchev–Trinajstić information content (AvgIpc) is 2.95. The first kappa shape index (κ1) is 11.4. The fourth-order valence-electron chi connectivity index (χ4n) is 2.27. The van der Waals surface area contributed by atoms with E-state index in [4.69, 9.17) is 9.84 Å². The van der Waals surface area contributed by atoms with E-state index in [2.05, 4.69) is 5.32 Å². The van der Waals surface area contributed by atoms with Crippen LogP contribution in [0.5, 0.6) is 0 Å². The summed E-state index contributed by atoms with van der Waals surface area (Å²) in [6, 6.07) is 0.0780. The minimum Gasteiger partial charge on any atom is -0.480 e. The lowest BCUT2D eigenvalue weighted by Crippen LogP contribution is -2.42. The van der Waals surface area contributed by atoms with Gasteiger partial charge in [-0.2, -0.15) is 0 Å². The quantitative estimate of drug-likeness (QED) is 0.687. The predicted molar refractivity (Wildman–Crippen MR) is 55.9 cm³/mol. The van der Waals surface area contributed by atoms with Crippen LogP contribution in [0.3, 0.4) is 0 Å². The number of hydrogen-bond acceptors (Lipinski definition) is 3. The second-order valence-corrected chi connectivity index (χ2v) is 4.73. The molecule has 2 saturated carbocycles. The third kappa shape index (κ3) is 1.91. The van der Waals surface area contributed by atoms with E-state index in [1.165, 1.54) is 0 Å². The summed E-state index contributed by atoms with van der Waals surface area (Å²) in [5, 5.41) is 11.8. The highest BCUT2D eigenvalue weighted by Gasteiger charge is 2.57. The number of hydrogen-bond donors (Lipinski definition) is 2. The molecule has 0 aromatic carbocycles. The predicted octanol–water partition coefficient (Wildman–Crippen LogP) is 0.535. The van der Waals surface area contributed by atoms with E-state index in [0.717, 1.165) is 19.3 Å². The molecule has 0 radical (unpaired) electrons. The van der Waals surface area contributed by atoms with E-state index < -0.39 is 11.4 Å². The highest BCUT2D eigenvalue weighted by Crippen LogP contribution is 2.46. The molecule has 5 nitrogen and oxygen atoms in total. The van der Waals surface area contributed by atoms with Crippen molar-refractivity contribution in [3.63, 3.8) is 0 Å². The fourth-order valence-corrected chi connectivity index (χ4v) is 2.27. The van der Waals surface area contributed by atoms with Crippen molar-refractivity contribution in [1.29, 1.82) is 0 Å². The number of aliphatic carboxylic acids is 1. The van der Waals surface area contributed by atoms with Crippen molar-refractivity contribution in [3.8, 4) is 0 Å². The van der Waals surface area contributed by atoms with Crippen LogP contribution in [0, 0.1) is 5.41 Å². The van der Waals surface area contributed by atoms with Crippen molar-refractivity contribution in [2.45, 2.75) is 44.2 Å². The molecule has 2 N–H and O–H groups in total. The molecular formula is C11H17NO4. The van der Waals surface area contributed by atoms with E-state index in [1.807, 2.05) is 0 Å². The molecule has 1 amide bonds. The topological polar surface area (TPSA) is 75.6 Å². The van der Waals surface area contributed by atoms with Crippen LogP contribution in [0.4, 0.5) is 0 Å². The first-order valence-corrected chi connectivity index (χ1v) is 5.65. The molecule has 2 unspecified atom stereocenters. The summed E-state index contributed by atoms with van der Waals surface area (Å²) < 4.78 is 5.20. The number of carboxylic acid groups (broad SMARTS) is 1. The van der Waals surface area contributed by atoms with Crippen LogP contribution < -0.4 is 5.32 Å². The molecule has 0 saturated heterocycles. The maximum atomic E-state index is 11.8. The van der Waals surface area contributed by atoms with Crippen molar-refractivity contribution in [3.05, 3.63) is 0 Å².